The summed E-state index contributed by atoms with van der Waals surface area (Å²) in [5.41, 5.74) is 0.533. The lowest BCUT2D eigenvalue weighted by molar-refractivity contribution is 0.0808. The molecule has 0 amide bonds. The van der Waals surface area contributed by atoms with Gasteiger partial charge < -0.3 is 4.90 Å². The maximum atomic E-state index is 9.22. The van der Waals surface area contributed by atoms with Crippen LogP contribution in [-0.2, 0) is 5.41 Å². The monoisotopic (exact) mass is 282 g/mol. The average Bonchev–Trinajstić information content (AvgIpc) is 2.38. The largest absolute Gasteiger partial charge is 0.306 e. The standard InChI is InChI=1S/C17H26ClN/c1-13(2)12-16(19(3)4)17(10-5-11-17)14-6-8-15(18)9-7-14/h6-9,13,16H,5,10-12H2,1-4H3/i12D2,16D. The van der Waals surface area contributed by atoms with Gasteiger partial charge in [-0.2, -0.15) is 0 Å². The van der Waals surface area contributed by atoms with E-state index in [2.05, 4.69) is 0 Å². The van der Waals surface area contributed by atoms with E-state index in [9.17, 15) is 1.37 Å². The van der Waals surface area contributed by atoms with Crippen LogP contribution in [-0.4, -0.2) is 25.0 Å². The van der Waals surface area contributed by atoms with Crippen LogP contribution in [0.1, 0.15) is 49.2 Å². The number of nitrogens with zero attached hydrogens (tertiary/aromatic N) is 1. The summed E-state index contributed by atoms with van der Waals surface area (Å²) in [4.78, 5) is 1.76. The van der Waals surface area contributed by atoms with E-state index in [1.54, 1.807) is 4.90 Å². The fourth-order valence-electron chi connectivity index (χ4n) is 2.93. The second-order valence-electron chi connectivity index (χ2n) is 5.98. The molecule has 1 atom stereocenters. The maximum Gasteiger partial charge on any atom is 0.0476 e. The average molecular weight is 283 g/mol. The summed E-state index contributed by atoms with van der Waals surface area (Å²) in [6, 6.07) is 6.30. The molecule has 1 saturated carbocycles. The highest BCUT2D eigenvalue weighted by molar-refractivity contribution is 6.30. The van der Waals surface area contributed by atoms with Gasteiger partial charge in [-0.05, 0) is 56.9 Å². The van der Waals surface area contributed by atoms with Crippen molar-refractivity contribution in [3.8, 4) is 0 Å². The van der Waals surface area contributed by atoms with Gasteiger partial charge >= 0.3 is 0 Å². The minimum Gasteiger partial charge on any atom is -0.306 e. The predicted molar refractivity (Wildman–Crippen MR) is 83.9 cm³/mol. The number of likely N-dealkylation sites (N-methyl/N-ethyl adjacent to an activating group) is 1. The van der Waals surface area contributed by atoms with Gasteiger partial charge in [0, 0.05) is 20.6 Å². The van der Waals surface area contributed by atoms with Gasteiger partial charge in [0.1, 0.15) is 0 Å². The maximum absolute atomic E-state index is 9.22. The van der Waals surface area contributed by atoms with E-state index < -0.39 is 17.8 Å². The van der Waals surface area contributed by atoms with Crippen LogP contribution >= 0.6 is 11.6 Å². The van der Waals surface area contributed by atoms with Gasteiger partial charge in [0.15, 0.2) is 0 Å². The lowest BCUT2D eigenvalue weighted by Crippen LogP contribution is -2.52. The molecule has 1 unspecified atom stereocenters. The van der Waals surface area contributed by atoms with Crippen LogP contribution in [0.4, 0.5) is 0 Å². The Balaban J connectivity index is 2.61. The topological polar surface area (TPSA) is 3.24 Å². The van der Waals surface area contributed by atoms with Crippen LogP contribution in [0, 0.1) is 5.92 Å². The quantitative estimate of drug-likeness (QED) is 0.754. The van der Waals surface area contributed by atoms with Gasteiger partial charge in [-0.15, -0.1) is 0 Å². The molecule has 106 valence electrons. The lowest BCUT2D eigenvalue weighted by Gasteiger charge is -2.51. The molecule has 1 fully saturated rings. The Morgan fingerprint density at radius 3 is 2.26 bits per heavy atom. The fourth-order valence-corrected chi connectivity index (χ4v) is 3.06. The Labute approximate surface area is 127 Å². The summed E-state index contributed by atoms with van der Waals surface area (Å²) in [5, 5.41) is 0.672. The Hall–Kier alpha value is -0.530. The van der Waals surface area contributed by atoms with E-state index in [0.29, 0.717) is 5.02 Å². The first-order valence-electron chi connectivity index (χ1n) is 8.53. The van der Waals surface area contributed by atoms with Gasteiger partial charge in [-0.25, -0.2) is 0 Å². The molecule has 2 heteroatoms. The second kappa shape index (κ2) is 5.85. The molecule has 1 aromatic rings. The van der Waals surface area contributed by atoms with Crippen molar-refractivity contribution in [1.29, 1.82) is 0 Å². The third-order valence-corrected chi connectivity index (χ3v) is 4.18. The molecule has 0 aromatic heterocycles. The molecule has 1 nitrogen and oxygen atoms in total. The van der Waals surface area contributed by atoms with Crippen LogP contribution in [0.3, 0.4) is 0 Å². The van der Waals surface area contributed by atoms with Crippen LogP contribution < -0.4 is 0 Å². The first-order valence-corrected chi connectivity index (χ1v) is 7.41. The smallest absolute Gasteiger partial charge is 0.0476 e. The Kier molecular flexibility index (Phi) is 3.44. The number of hydrogen-bond acceptors (Lipinski definition) is 1. The second-order valence-corrected chi connectivity index (χ2v) is 6.42. The number of halogens is 1. The van der Waals surface area contributed by atoms with E-state index in [-0.39, 0.29) is 5.92 Å². The molecule has 0 spiro atoms. The summed E-state index contributed by atoms with van der Waals surface area (Å²) >= 11 is 6.01. The zero-order valence-electron chi connectivity index (χ0n) is 15.3. The van der Waals surface area contributed by atoms with Crippen molar-refractivity contribution in [1.82, 2.24) is 4.90 Å². The molecule has 0 heterocycles. The van der Waals surface area contributed by atoms with E-state index >= 15 is 0 Å². The van der Waals surface area contributed by atoms with Crippen molar-refractivity contribution in [2.75, 3.05) is 14.1 Å². The first kappa shape index (κ1) is 11.2. The summed E-state index contributed by atoms with van der Waals surface area (Å²) < 4.78 is 26.5. The highest BCUT2D eigenvalue weighted by Gasteiger charge is 2.46. The van der Waals surface area contributed by atoms with Crippen molar-refractivity contribution < 1.29 is 4.11 Å². The first-order chi connectivity index (χ1) is 10.1. The van der Waals surface area contributed by atoms with Crippen molar-refractivity contribution in [3.05, 3.63) is 34.9 Å². The van der Waals surface area contributed by atoms with E-state index in [1.165, 1.54) is 0 Å². The van der Waals surface area contributed by atoms with Crippen LogP contribution in [0.2, 0.25) is 5.02 Å². The molecule has 1 aliphatic rings. The Morgan fingerprint density at radius 1 is 1.32 bits per heavy atom. The summed E-state index contributed by atoms with van der Waals surface area (Å²) in [5.74, 6) is -0.239. The van der Waals surface area contributed by atoms with Gasteiger partial charge in [-0.3, -0.25) is 0 Å². The minimum absolute atomic E-state index is 0.239. The zero-order chi connectivity index (χ0) is 16.8. The van der Waals surface area contributed by atoms with Gasteiger partial charge in [0.2, 0.25) is 0 Å². The van der Waals surface area contributed by atoms with E-state index in [4.69, 9.17) is 14.3 Å². The zero-order valence-corrected chi connectivity index (χ0v) is 13.1. The number of benzene rings is 1. The predicted octanol–water partition coefficient (Wildman–Crippen LogP) is 4.74. The van der Waals surface area contributed by atoms with Crippen molar-refractivity contribution >= 4 is 11.6 Å². The minimum atomic E-state index is -1.63. The molecule has 19 heavy (non-hydrogen) atoms. The van der Waals surface area contributed by atoms with Gasteiger partial charge in [0.05, 0.1) is 0 Å². The normalized spacial score (nSPS) is 24.3. The molecule has 0 radical (unpaired) electrons. The molecular formula is C17H26ClN. The molecule has 0 saturated heterocycles. The number of rotatable bonds is 5. The van der Waals surface area contributed by atoms with E-state index in [1.807, 2.05) is 52.2 Å². The third-order valence-electron chi connectivity index (χ3n) is 3.93. The molecule has 0 bridgehead atoms. The number of hydrogen-bond donors (Lipinski definition) is 0. The van der Waals surface area contributed by atoms with E-state index in [0.717, 1.165) is 24.8 Å². The SMILES string of the molecule is [2H]C([2H])(C(C)C)C([2H])(N(C)C)C1(c2ccc(Cl)cc2)CCC1. The summed E-state index contributed by atoms with van der Waals surface area (Å²) in [6.07, 6.45) is 1.08. The molecule has 0 N–H and O–H groups in total. The highest BCUT2D eigenvalue weighted by atomic mass is 35.5. The molecular weight excluding hydrogens is 254 g/mol. The Bertz CT molecular complexity index is 523. The third kappa shape index (κ3) is 2.98. The molecule has 1 aliphatic carbocycles. The summed E-state index contributed by atoms with van der Waals surface area (Å²) in [6.45, 7) is 3.72. The van der Waals surface area contributed by atoms with Gasteiger partial charge in [-0.1, -0.05) is 44.0 Å². The Morgan fingerprint density at radius 2 is 1.89 bits per heavy atom. The van der Waals surface area contributed by atoms with Crippen LogP contribution in [0.25, 0.3) is 0 Å². The van der Waals surface area contributed by atoms with Crippen molar-refractivity contribution in [2.45, 2.75) is 50.9 Å². The molecule has 1 aromatic carbocycles. The molecule has 0 aliphatic heterocycles. The molecule has 2 rings (SSSR count). The van der Waals surface area contributed by atoms with Gasteiger partial charge in [0.25, 0.3) is 0 Å². The van der Waals surface area contributed by atoms with Crippen LogP contribution in [0.15, 0.2) is 24.3 Å². The van der Waals surface area contributed by atoms with Crippen molar-refractivity contribution in [2.24, 2.45) is 5.92 Å². The lowest BCUT2D eigenvalue weighted by atomic mass is 9.58. The van der Waals surface area contributed by atoms with Crippen LogP contribution in [0.5, 0.6) is 0 Å². The summed E-state index contributed by atoms with van der Waals surface area (Å²) in [7, 11) is 3.65. The fraction of sp³-hybridized carbons (Fsp3) is 0.647. The van der Waals surface area contributed by atoms with Crippen molar-refractivity contribution in [3.63, 3.8) is 0 Å². The highest BCUT2D eigenvalue weighted by Crippen LogP contribution is 2.49.